The van der Waals surface area contributed by atoms with Crippen LogP contribution in [-0.4, -0.2) is 89.4 Å². The number of hydrogen-bond acceptors (Lipinski definition) is 5. The third-order valence-corrected chi connectivity index (χ3v) is 5.01. The molecule has 0 atom stereocenters. The summed E-state index contributed by atoms with van der Waals surface area (Å²) in [6, 6.07) is 6.03. The average molecular weight is 505 g/mol. The van der Waals surface area contributed by atoms with E-state index in [1.807, 2.05) is 19.2 Å². The number of rotatable bonds is 9. The first-order valence-electron chi connectivity index (χ1n) is 9.80. The molecule has 0 bridgehead atoms. The second-order valence-corrected chi connectivity index (χ2v) is 6.64. The third kappa shape index (κ3) is 8.00. The van der Waals surface area contributed by atoms with E-state index in [0.29, 0.717) is 0 Å². The fourth-order valence-electron chi connectivity index (χ4n) is 3.24. The second kappa shape index (κ2) is 13.8. The number of piperazine rings is 1. The predicted molar refractivity (Wildman–Crippen MR) is 127 cm³/mol. The number of aliphatic imine (C=N–C) groups is 1. The van der Waals surface area contributed by atoms with E-state index in [4.69, 9.17) is 9.47 Å². The monoisotopic (exact) mass is 505 g/mol. The van der Waals surface area contributed by atoms with Crippen LogP contribution in [0.5, 0.6) is 11.5 Å². The highest BCUT2D eigenvalue weighted by atomic mass is 127. The van der Waals surface area contributed by atoms with Crippen molar-refractivity contribution in [3.63, 3.8) is 0 Å². The van der Waals surface area contributed by atoms with Crippen molar-refractivity contribution in [1.29, 1.82) is 0 Å². The van der Waals surface area contributed by atoms with Gasteiger partial charge in [-0.2, -0.15) is 0 Å². The van der Waals surface area contributed by atoms with Gasteiger partial charge >= 0.3 is 0 Å². The van der Waals surface area contributed by atoms with E-state index in [1.54, 1.807) is 14.2 Å². The Morgan fingerprint density at radius 3 is 2.25 bits per heavy atom. The number of likely N-dealkylation sites (N-methyl/N-ethyl adjacent to an activating group) is 1. The van der Waals surface area contributed by atoms with Crippen LogP contribution in [0, 0.1) is 0 Å². The number of hydrogen-bond donors (Lipinski definition) is 2. The van der Waals surface area contributed by atoms with Crippen molar-refractivity contribution in [3.05, 3.63) is 23.8 Å². The van der Waals surface area contributed by atoms with Crippen LogP contribution in [0.15, 0.2) is 23.2 Å². The smallest absolute Gasteiger partial charge is 0.191 e. The number of ether oxygens (including phenoxy) is 2. The fraction of sp³-hybridized carbons (Fsp3) is 0.650. The Kier molecular flexibility index (Phi) is 12.2. The molecule has 1 saturated heterocycles. The van der Waals surface area contributed by atoms with Crippen LogP contribution in [0.1, 0.15) is 12.5 Å². The fourth-order valence-corrected chi connectivity index (χ4v) is 3.24. The first-order valence-corrected chi connectivity index (χ1v) is 9.80. The van der Waals surface area contributed by atoms with Gasteiger partial charge in [-0.25, -0.2) is 0 Å². The quantitative estimate of drug-likeness (QED) is 0.303. The van der Waals surface area contributed by atoms with Gasteiger partial charge in [0.05, 0.1) is 14.2 Å². The lowest BCUT2D eigenvalue weighted by atomic mass is 10.1. The van der Waals surface area contributed by atoms with Gasteiger partial charge in [0.1, 0.15) is 0 Å². The molecule has 1 aromatic carbocycles. The number of methoxy groups -OCH3 is 2. The molecule has 1 fully saturated rings. The Balaban J connectivity index is 0.00000392. The van der Waals surface area contributed by atoms with Gasteiger partial charge in [0.15, 0.2) is 17.5 Å². The highest BCUT2D eigenvalue weighted by molar-refractivity contribution is 14.0. The van der Waals surface area contributed by atoms with Crippen LogP contribution in [0.2, 0.25) is 0 Å². The summed E-state index contributed by atoms with van der Waals surface area (Å²) in [6.07, 6.45) is 0.889. The Morgan fingerprint density at radius 1 is 1.00 bits per heavy atom. The maximum absolute atomic E-state index is 5.36. The summed E-state index contributed by atoms with van der Waals surface area (Å²) in [4.78, 5) is 9.32. The minimum absolute atomic E-state index is 0. The van der Waals surface area contributed by atoms with Crippen LogP contribution >= 0.6 is 24.0 Å². The zero-order chi connectivity index (χ0) is 19.5. The van der Waals surface area contributed by atoms with E-state index in [-0.39, 0.29) is 24.0 Å². The molecule has 1 aromatic rings. The summed E-state index contributed by atoms with van der Waals surface area (Å²) in [6.45, 7) is 10.8. The summed E-state index contributed by atoms with van der Waals surface area (Å²) in [5.74, 6) is 2.37. The number of benzene rings is 1. The summed E-state index contributed by atoms with van der Waals surface area (Å²) < 4.78 is 10.6. The maximum Gasteiger partial charge on any atom is 0.191 e. The van der Waals surface area contributed by atoms with Crippen molar-refractivity contribution in [3.8, 4) is 11.5 Å². The van der Waals surface area contributed by atoms with Gasteiger partial charge in [-0.3, -0.25) is 9.89 Å². The van der Waals surface area contributed by atoms with Crippen molar-refractivity contribution < 1.29 is 9.47 Å². The Labute approximate surface area is 186 Å². The molecule has 0 aliphatic carbocycles. The number of nitrogens with zero attached hydrogens (tertiary/aromatic N) is 3. The molecule has 0 spiro atoms. The highest BCUT2D eigenvalue weighted by Gasteiger charge is 2.14. The van der Waals surface area contributed by atoms with Gasteiger partial charge in [0, 0.05) is 52.9 Å². The van der Waals surface area contributed by atoms with E-state index in [2.05, 4.69) is 38.4 Å². The van der Waals surface area contributed by atoms with Crippen molar-refractivity contribution >= 4 is 29.9 Å². The highest BCUT2D eigenvalue weighted by Crippen LogP contribution is 2.27. The molecular formula is C20H36IN5O2. The molecule has 28 heavy (non-hydrogen) atoms. The lowest BCUT2D eigenvalue weighted by Crippen LogP contribution is -2.49. The molecule has 2 N–H and O–H groups in total. The normalized spacial score (nSPS) is 15.6. The van der Waals surface area contributed by atoms with E-state index >= 15 is 0 Å². The Morgan fingerprint density at radius 2 is 1.64 bits per heavy atom. The lowest BCUT2D eigenvalue weighted by molar-refractivity contribution is 0.139. The maximum atomic E-state index is 5.36. The molecular weight excluding hydrogens is 469 g/mol. The van der Waals surface area contributed by atoms with E-state index in [1.165, 1.54) is 18.7 Å². The zero-order valence-corrected chi connectivity index (χ0v) is 20.0. The summed E-state index contributed by atoms with van der Waals surface area (Å²) in [5.41, 5.74) is 1.20. The van der Waals surface area contributed by atoms with Crippen molar-refractivity contribution in [2.75, 3.05) is 73.6 Å². The van der Waals surface area contributed by atoms with Crippen LogP contribution in [0.4, 0.5) is 0 Å². The molecule has 8 heteroatoms. The molecule has 0 aromatic heterocycles. The van der Waals surface area contributed by atoms with Gasteiger partial charge in [0.25, 0.3) is 0 Å². The molecule has 1 aliphatic heterocycles. The minimum atomic E-state index is 0. The van der Waals surface area contributed by atoms with Crippen LogP contribution in [0.3, 0.4) is 0 Å². The summed E-state index contributed by atoms with van der Waals surface area (Å²) in [7, 11) is 5.12. The van der Waals surface area contributed by atoms with Crippen molar-refractivity contribution in [2.45, 2.75) is 13.3 Å². The van der Waals surface area contributed by atoms with Gasteiger partial charge in [-0.1, -0.05) is 13.0 Å². The van der Waals surface area contributed by atoms with Crippen molar-refractivity contribution in [2.24, 2.45) is 4.99 Å². The SMILES string of the molecule is CCN1CCN(CCNC(=NC)NCCc2ccc(OC)c(OC)c2)CC1.I. The van der Waals surface area contributed by atoms with Crippen LogP contribution in [-0.2, 0) is 6.42 Å². The van der Waals surface area contributed by atoms with Crippen LogP contribution in [0.25, 0.3) is 0 Å². The number of nitrogens with one attached hydrogen (secondary N) is 2. The molecule has 0 unspecified atom stereocenters. The predicted octanol–water partition coefficient (Wildman–Crippen LogP) is 1.67. The molecule has 0 saturated carbocycles. The van der Waals surface area contributed by atoms with Gasteiger partial charge in [-0.05, 0) is 30.7 Å². The molecule has 160 valence electrons. The van der Waals surface area contributed by atoms with E-state index in [0.717, 1.165) is 63.1 Å². The van der Waals surface area contributed by atoms with E-state index < -0.39 is 0 Å². The number of halogens is 1. The molecule has 0 radical (unpaired) electrons. The van der Waals surface area contributed by atoms with Gasteiger partial charge in [0.2, 0.25) is 0 Å². The first kappa shape index (κ1) is 24.8. The molecule has 1 aliphatic rings. The minimum Gasteiger partial charge on any atom is -0.493 e. The largest absolute Gasteiger partial charge is 0.493 e. The van der Waals surface area contributed by atoms with Gasteiger partial charge < -0.3 is 25.0 Å². The first-order chi connectivity index (χ1) is 13.2. The standard InChI is InChI=1S/C20H35N5O2.HI/c1-5-24-12-14-25(15-13-24)11-10-23-20(21-2)22-9-8-17-6-7-18(26-3)19(16-17)27-4;/h6-7,16H,5,8-15H2,1-4H3,(H2,21,22,23);1H. The molecule has 1 heterocycles. The second-order valence-electron chi connectivity index (χ2n) is 6.64. The van der Waals surface area contributed by atoms with Crippen molar-refractivity contribution in [1.82, 2.24) is 20.4 Å². The molecule has 0 amide bonds. The summed E-state index contributed by atoms with van der Waals surface area (Å²) in [5, 5.41) is 6.79. The van der Waals surface area contributed by atoms with Crippen LogP contribution < -0.4 is 20.1 Å². The van der Waals surface area contributed by atoms with E-state index in [9.17, 15) is 0 Å². The summed E-state index contributed by atoms with van der Waals surface area (Å²) >= 11 is 0. The molecule has 7 nitrogen and oxygen atoms in total. The topological polar surface area (TPSA) is 61.4 Å². The number of guanidine groups is 1. The zero-order valence-electron chi connectivity index (χ0n) is 17.7. The molecule has 2 rings (SSSR count). The third-order valence-electron chi connectivity index (χ3n) is 5.01. The Hall–Kier alpha value is -1.26. The lowest BCUT2D eigenvalue weighted by Gasteiger charge is -2.34. The van der Waals surface area contributed by atoms with Gasteiger partial charge in [-0.15, -0.1) is 24.0 Å². The average Bonchev–Trinajstić information content (AvgIpc) is 2.72. The Bertz CT molecular complexity index is 592.